The van der Waals surface area contributed by atoms with Gasteiger partial charge in [0.25, 0.3) is 0 Å². The second kappa shape index (κ2) is 11.6. The number of halogens is 2. The van der Waals surface area contributed by atoms with Crippen molar-refractivity contribution in [3.63, 3.8) is 0 Å². The first-order chi connectivity index (χ1) is 17.7. The van der Waals surface area contributed by atoms with E-state index in [4.69, 9.17) is 20.8 Å². The highest BCUT2D eigenvalue weighted by Crippen LogP contribution is 2.36. The molecule has 3 rings (SSSR count). The summed E-state index contributed by atoms with van der Waals surface area (Å²) in [7, 11) is 1.77. The molecule has 0 radical (unpaired) electrons. The number of carbonyl (C=O) groups is 1. The van der Waals surface area contributed by atoms with Gasteiger partial charge in [-0.05, 0) is 54.4 Å². The summed E-state index contributed by atoms with van der Waals surface area (Å²) in [6, 6.07) is 8.55. The highest BCUT2D eigenvalue weighted by atomic mass is 35.5. The lowest BCUT2D eigenvalue weighted by Gasteiger charge is -2.36. The van der Waals surface area contributed by atoms with Gasteiger partial charge in [-0.3, -0.25) is 4.79 Å². The number of rotatable bonds is 9. The quantitative estimate of drug-likeness (QED) is 0.217. The van der Waals surface area contributed by atoms with Crippen LogP contribution in [-0.2, 0) is 22.1 Å². The Morgan fingerprint density at radius 1 is 1.18 bits per heavy atom. The molecule has 1 heterocycles. The number of pyridine rings is 1. The minimum absolute atomic E-state index is 0.0394. The highest BCUT2D eigenvalue weighted by Gasteiger charge is 2.37. The van der Waals surface area contributed by atoms with Crippen molar-refractivity contribution in [3.8, 4) is 0 Å². The van der Waals surface area contributed by atoms with Gasteiger partial charge >= 0.3 is 5.97 Å². The number of hydrogen-bond donors (Lipinski definition) is 0. The number of carbonyl (C=O) groups excluding carboxylic acids is 1. The Morgan fingerprint density at radius 3 is 2.47 bits per heavy atom. The van der Waals surface area contributed by atoms with E-state index in [2.05, 4.69) is 33.9 Å². The molecule has 0 saturated heterocycles. The Hall–Kier alpha value is -2.68. The van der Waals surface area contributed by atoms with E-state index in [9.17, 15) is 14.0 Å². The molecule has 0 aliphatic rings. The van der Waals surface area contributed by atoms with Crippen molar-refractivity contribution in [2.75, 3.05) is 32.2 Å². The molecule has 206 valence electrons. The van der Waals surface area contributed by atoms with Crippen LogP contribution in [-0.4, -0.2) is 46.2 Å². The van der Waals surface area contributed by atoms with Gasteiger partial charge in [-0.2, -0.15) is 0 Å². The fourth-order valence-corrected chi connectivity index (χ4v) is 5.30. The molecule has 0 atom stereocenters. The number of ether oxygens (including phenoxy) is 1. The summed E-state index contributed by atoms with van der Waals surface area (Å²) in [4.78, 5) is 28.3. The van der Waals surface area contributed by atoms with Gasteiger partial charge < -0.3 is 18.6 Å². The third-order valence-corrected chi connectivity index (χ3v) is 12.0. The molecule has 9 heteroatoms. The topological polar surface area (TPSA) is 60.8 Å². The zero-order valence-electron chi connectivity index (χ0n) is 23.6. The fourth-order valence-electron chi connectivity index (χ4n) is 4.07. The molecule has 0 unspecified atom stereocenters. The Morgan fingerprint density at radius 2 is 1.87 bits per heavy atom. The van der Waals surface area contributed by atoms with Crippen LogP contribution in [0.2, 0.25) is 23.2 Å². The van der Waals surface area contributed by atoms with Crippen molar-refractivity contribution < 1.29 is 18.3 Å². The Kier molecular flexibility index (Phi) is 9.11. The predicted octanol–water partition coefficient (Wildman–Crippen LogP) is 6.65. The van der Waals surface area contributed by atoms with E-state index >= 15 is 0 Å². The lowest BCUT2D eigenvalue weighted by Crippen LogP contribution is -2.41. The van der Waals surface area contributed by atoms with Crippen molar-refractivity contribution in [3.05, 3.63) is 74.3 Å². The molecule has 0 spiro atoms. The Labute approximate surface area is 230 Å². The molecular weight excluding hydrogens is 523 g/mol. The van der Waals surface area contributed by atoms with Crippen LogP contribution in [0.5, 0.6) is 0 Å². The first-order valence-corrected chi connectivity index (χ1v) is 16.1. The zero-order chi connectivity index (χ0) is 28.4. The van der Waals surface area contributed by atoms with E-state index in [1.807, 2.05) is 29.6 Å². The van der Waals surface area contributed by atoms with Crippen LogP contribution in [0.1, 0.15) is 49.2 Å². The van der Waals surface area contributed by atoms with Crippen LogP contribution < -0.4 is 10.3 Å². The van der Waals surface area contributed by atoms with E-state index in [0.29, 0.717) is 29.6 Å². The third-order valence-electron chi connectivity index (χ3n) is 7.22. The van der Waals surface area contributed by atoms with Crippen LogP contribution in [0.3, 0.4) is 0 Å². The van der Waals surface area contributed by atoms with E-state index in [1.54, 1.807) is 31.3 Å². The second-order valence-electron chi connectivity index (χ2n) is 11.2. The number of hydrogen-bond acceptors (Lipinski definition) is 5. The lowest BCUT2D eigenvalue weighted by atomic mass is 9.99. The number of benzene rings is 2. The largest absolute Gasteiger partial charge is 0.462 e. The number of anilines is 1. The molecule has 6 nitrogen and oxygen atoms in total. The van der Waals surface area contributed by atoms with Gasteiger partial charge in [0, 0.05) is 38.6 Å². The van der Waals surface area contributed by atoms with Crippen LogP contribution in [0.25, 0.3) is 10.9 Å². The van der Waals surface area contributed by atoms with E-state index < -0.39 is 25.5 Å². The highest BCUT2D eigenvalue weighted by molar-refractivity contribution is 6.74. The van der Waals surface area contributed by atoms with Gasteiger partial charge in [-0.15, -0.1) is 0 Å². The molecule has 2 aromatic carbocycles. The molecular formula is C29H38ClFN2O4Si. The summed E-state index contributed by atoms with van der Waals surface area (Å²) >= 11 is 6.00. The summed E-state index contributed by atoms with van der Waals surface area (Å²) in [6.07, 6.45) is 1.81. The van der Waals surface area contributed by atoms with E-state index in [0.717, 1.165) is 11.3 Å². The second-order valence-corrected chi connectivity index (χ2v) is 16.4. The number of aromatic nitrogens is 1. The number of esters is 1. The molecule has 0 N–H and O–H groups in total. The SMILES string of the molecule is CCOC(=O)c1cn(CCO[Si](C)(C)C(C)(C)C)c2c(N(C)C)cc(Cc3cccc(Cl)c3F)cc2c1=O. The van der Waals surface area contributed by atoms with Gasteiger partial charge in [0.15, 0.2) is 8.32 Å². The van der Waals surface area contributed by atoms with Gasteiger partial charge in [0.1, 0.15) is 11.4 Å². The number of nitrogens with zero attached hydrogens (tertiary/aromatic N) is 2. The summed E-state index contributed by atoms with van der Waals surface area (Å²) in [6.45, 7) is 13.6. The minimum Gasteiger partial charge on any atom is -0.462 e. The molecule has 0 aliphatic heterocycles. The molecule has 0 fully saturated rings. The van der Waals surface area contributed by atoms with Gasteiger partial charge in [0.2, 0.25) is 5.43 Å². The maximum Gasteiger partial charge on any atom is 0.343 e. The zero-order valence-corrected chi connectivity index (χ0v) is 25.3. The number of fused-ring (bicyclic) bond motifs is 1. The average Bonchev–Trinajstić information content (AvgIpc) is 2.82. The summed E-state index contributed by atoms with van der Waals surface area (Å²) in [5.41, 5.74) is 2.15. The van der Waals surface area contributed by atoms with Gasteiger partial charge in [-0.1, -0.05) is 44.5 Å². The summed E-state index contributed by atoms with van der Waals surface area (Å²) < 4.78 is 28.2. The van der Waals surface area contributed by atoms with Gasteiger partial charge in [0.05, 0.1) is 29.4 Å². The van der Waals surface area contributed by atoms with Crippen LogP contribution in [0.4, 0.5) is 10.1 Å². The smallest absolute Gasteiger partial charge is 0.343 e. The standard InChI is InChI=1S/C29H38ClFN2O4Si/c1-9-36-28(35)22-18-33(13-14-37-38(7,8)29(2,3)4)26-21(27(22)34)16-19(17-24(26)32(5)6)15-20-11-10-12-23(30)25(20)31/h10-12,16-18H,9,13-15H2,1-8H3. The van der Waals surface area contributed by atoms with Crippen LogP contribution in [0, 0.1) is 5.82 Å². The molecule has 0 aliphatic carbocycles. The molecule has 0 amide bonds. The molecule has 38 heavy (non-hydrogen) atoms. The van der Waals surface area contributed by atoms with Crippen LogP contribution >= 0.6 is 11.6 Å². The van der Waals surface area contributed by atoms with Gasteiger partial charge in [-0.25, -0.2) is 9.18 Å². The average molecular weight is 561 g/mol. The maximum atomic E-state index is 14.7. The normalized spacial score (nSPS) is 12.2. The van der Waals surface area contributed by atoms with E-state index in [1.165, 1.54) is 6.07 Å². The van der Waals surface area contributed by atoms with E-state index in [-0.39, 0.29) is 28.7 Å². The van der Waals surface area contributed by atoms with Crippen molar-refractivity contribution in [1.82, 2.24) is 4.57 Å². The molecule has 0 bridgehead atoms. The maximum absolute atomic E-state index is 14.7. The molecule has 0 saturated carbocycles. The monoisotopic (exact) mass is 560 g/mol. The fraction of sp³-hybridized carbons (Fsp3) is 0.448. The Bertz CT molecular complexity index is 1400. The van der Waals surface area contributed by atoms with Crippen LogP contribution in [0.15, 0.2) is 41.3 Å². The first-order valence-electron chi connectivity index (χ1n) is 12.8. The first kappa shape index (κ1) is 29.9. The summed E-state index contributed by atoms with van der Waals surface area (Å²) in [5.74, 6) is -1.16. The third kappa shape index (κ3) is 6.30. The molecule has 3 aromatic rings. The molecule has 1 aromatic heterocycles. The van der Waals surface area contributed by atoms with Crippen molar-refractivity contribution in [2.24, 2.45) is 0 Å². The summed E-state index contributed by atoms with van der Waals surface area (Å²) in [5, 5.41) is 0.463. The Balaban J connectivity index is 2.19. The van der Waals surface area contributed by atoms with Crippen molar-refractivity contribution in [1.29, 1.82) is 0 Å². The lowest BCUT2D eigenvalue weighted by molar-refractivity contribution is 0.0524. The predicted molar refractivity (Wildman–Crippen MR) is 156 cm³/mol. The van der Waals surface area contributed by atoms with Crippen molar-refractivity contribution >= 4 is 42.5 Å². The van der Waals surface area contributed by atoms with Crippen molar-refractivity contribution in [2.45, 2.75) is 58.8 Å². The minimum atomic E-state index is -2.01.